The summed E-state index contributed by atoms with van der Waals surface area (Å²) in [5, 5.41) is 0. The molecule has 0 bridgehead atoms. The van der Waals surface area contributed by atoms with Crippen molar-refractivity contribution in [2.24, 2.45) is 0 Å². The molecule has 4 aromatic carbocycles. The lowest BCUT2D eigenvalue weighted by atomic mass is 10.0. The van der Waals surface area contributed by atoms with Crippen LogP contribution in [0.2, 0.25) is 0 Å². The molecule has 0 saturated carbocycles. The van der Waals surface area contributed by atoms with E-state index in [1.807, 2.05) is 39.8 Å². The SMILES string of the molecule is Cc1cc(-c2ccc(CN3CCC[C@@H]3c3cnc4c(c3)OCC4)cc2)cc(C)n1.Cc1cc(-c2ccc(CN3CCC[C@@H]3c3cnc4c(c3)OCC4)cc2)nc(C)n1.Cc1cc(-c2ccc(CN3CCC[C@H]3c3cnc4c(c3)OCC4)cc2)cc(C)n1.Cc1cc(-c2ccc(CN3CCC[C@H]3c3cnc4c(c3)OCC4)cc2)nc(C)n1. The molecule has 0 spiro atoms. The number of aromatic nitrogens is 10. The molecule has 116 heavy (non-hydrogen) atoms. The molecule has 592 valence electrons. The van der Waals surface area contributed by atoms with E-state index in [1.54, 1.807) is 0 Å². The molecule has 8 aliphatic heterocycles. The van der Waals surface area contributed by atoms with Crippen molar-refractivity contribution in [1.82, 2.24) is 69.4 Å². The first-order chi connectivity index (χ1) is 56.6. The largest absolute Gasteiger partial charge is 0.491 e. The fourth-order valence-corrected chi connectivity index (χ4v) is 18.4. The van der Waals surface area contributed by atoms with Gasteiger partial charge in [0.15, 0.2) is 0 Å². The van der Waals surface area contributed by atoms with E-state index in [9.17, 15) is 0 Å². The van der Waals surface area contributed by atoms with Gasteiger partial charge in [-0.15, -0.1) is 0 Å². The highest BCUT2D eigenvalue weighted by atomic mass is 16.5. The van der Waals surface area contributed by atoms with E-state index in [0.29, 0.717) is 24.2 Å². The number of ether oxygens (including phenoxy) is 4. The Bertz CT molecular complexity index is 4710. The summed E-state index contributed by atoms with van der Waals surface area (Å²) in [6, 6.07) is 58.8. The lowest BCUT2D eigenvalue weighted by Crippen LogP contribution is -2.22. The van der Waals surface area contributed by atoms with Gasteiger partial charge in [0.1, 0.15) is 34.6 Å². The fraction of sp³-hybridized carbons (Fsp3) is 0.367. The summed E-state index contributed by atoms with van der Waals surface area (Å²) in [7, 11) is 0. The van der Waals surface area contributed by atoms with Crippen LogP contribution in [0, 0.1) is 55.4 Å². The molecule has 18 heteroatoms. The van der Waals surface area contributed by atoms with Crippen LogP contribution in [0.1, 0.15) is 189 Å². The topological polar surface area (TPSA) is 179 Å². The molecular formula is C98H106N14O4. The molecule has 0 unspecified atom stereocenters. The van der Waals surface area contributed by atoms with Gasteiger partial charge in [0.2, 0.25) is 0 Å². The van der Waals surface area contributed by atoms with Gasteiger partial charge >= 0.3 is 0 Å². The van der Waals surface area contributed by atoms with E-state index in [-0.39, 0.29) is 0 Å². The minimum Gasteiger partial charge on any atom is -0.491 e. The van der Waals surface area contributed by atoms with E-state index in [4.69, 9.17) is 18.9 Å². The number of hydrogen-bond acceptors (Lipinski definition) is 18. The van der Waals surface area contributed by atoms with Gasteiger partial charge in [0.05, 0.1) is 60.6 Å². The third-order valence-electron chi connectivity index (χ3n) is 23.9. The van der Waals surface area contributed by atoms with Crippen LogP contribution in [-0.4, -0.2) is 122 Å². The molecular weight excluding hydrogens is 1440 g/mol. The second-order valence-electron chi connectivity index (χ2n) is 32.7. The van der Waals surface area contributed by atoms with Crippen molar-refractivity contribution in [2.45, 2.75) is 183 Å². The first-order valence-corrected chi connectivity index (χ1v) is 42.0. The number of benzene rings is 4. The minimum absolute atomic E-state index is 0.420. The summed E-state index contributed by atoms with van der Waals surface area (Å²) in [6.45, 7) is 27.5. The molecule has 0 aliphatic carbocycles. The molecule has 4 fully saturated rings. The number of hydrogen-bond donors (Lipinski definition) is 0. The van der Waals surface area contributed by atoms with E-state index in [0.717, 1.165) is 219 Å². The molecule has 8 aliphatic rings. The van der Waals surface area contributed by atoms with E-state index in [1.165, 1.54) is 118 Å². The van der Waals surface area contributed by atoms with E-state index in [2.05, 4.69) is 268 Å². The molecule has 4 saturated heterocycles. The highest BCUT2D eigenvalue weighted by molar-refractivity contribution is 5.66. The average molecular weight is 1540 g/mol. The Morgan fingerprint density at radius 3 is 0.784 bits per heavy atom. The number of pyridine rings is 6. The van der Waals surface area contributed by atoms with Crippen LogP contribution in [0.3, 0.4) is 0 Å². The second kappa shape index (κ2) is 35.2. The fourth-order valence-electron chi connectivity index (χ4n) is 18.4. The van der Waals surface area contributed by atoms with Gasteiger partial charge in [-0.2, -0.15) is 0 Å². The Hall–Kier alpha value is -11.0. The van der Waals surface area contributed by atoms with Crippen molar-refractivity contribution in [3.63, 3.8) is 0 Å². The Kier molecular flexibility index (Phi) is 23.5. The molecule has 12 aromatic rings. The van der Waals surface area contributed by atoms with Gasteiger partial charge in [-0.3, -0.25) is 49.5 Å². The average Bonchev–Trinajstić information content (AvgIpc) is 1.73. The summed E-state index contributed by atoms with van der Waals surface area (Å²) in [5.74, 6) is 5.57. The Morgan fingerprint density at radius 2 is 0.526 bits per heavy atom. The molecule has 18 nitrogen and oxygen atoms in total. The van der Waals surface area contributed by atoms with Crippen LogP contribution in [-0.2, 0) is 51.9 Å². The van der Waals surface area contributed by atoms with Crippen molar-refractivity contribution < 1.29 is 18.9 Å². The third kappa shape index (κ3) is 18.4. The standard InChI is InChI=1S/2C25H27N3O.2C24H26N4O/c2*1-17-12-21(13-18(2)27-17)20-7-5-19(6-8-20)16-28-10-3-4-24(28)22-14-25-23(26-15-22)9-11-29-25;2*1-16-12-22(27-17(2)26-16)19-7-5-18(6-8-19)15-28-10-3-4-23(28)20-13-24-21(25-14-20)9-11-29-24/h2*5-8,12-15,24H,3-4,9-11,16H2,1-2H3;2*5-8,12-14,23H,3-4,9-11,15H2,1-2H3/t2*24-;2*23-/m1010/s1. The van der Waals surface area contributed by atoms with Crippen LogP contribution < -0.4 is 18.9 Å². The Balaban J connectivity index is 0.000000111. The quantitative estimate of drug-likeness (QED) is 0.0891. The number of nitrogens with zero attached hydrogens (tertiary/aromatic N) is 14. The zero-order valence-electron chi connectivity index (χ0n) is 68.5. The van der Waals surface area contributed by atoms with Crippen molar-refractivity contribution in [3.8, 4) is 67.8 Å². The highest BCUT2D eigenvalue weighted by Crippen LogP contribution is 2.42. The molecule has 0 radical (unpaired) electrons. The maximum Gasteiger partial charge on any atom is 0.141 e. The normalized spacial score (nSPS) is 18.6. The van der Waals surface area contributed by atoms with Gasteiger partial charge in [0, 0.05) is 146 Å². The van der Waals surface area contributed by atoms with Crippen LogP contribution in [0.25, 0.3) is 44.8 Å². The lowest BCUT2D eigenvalue weighted by Gasteiger charge is -2.25. The monoisotopic (exact) mass is 1540 g/mol. The molecule has 16 heterocycles. The van der Waals surface area contributed by atoms with Gasteiger partial charge in [-0.1, -0.05) is 97.1 Å². The summed E-state index contributed by atoms with van der Waals surface area (Å²) in [6.07, 6.45) is 21.6. The lowest BCUT2D eigenvalue weighted by molar-refractivity contribution is 0.247. The molecule has 0 N–H and O–H groups in total. The minimum atomic E-state index is 0.420. The van der Waals surface area contributed by atoms with Crippen LogP contribution in [0.4, 0.5) is 0 Å². The van der Waals surface area contributed by atoms with Gasteiger partial charge in [-0.05, 0) is 260 Å². The number of fused-ring (bicyclic) bond motifs is 4. The van der Waals surface area contributed by atoms with Gasteiger partial charge < -0.3 is 18.9 Å². The predicted octanol–water partition coefficient (Wildman–Crippen LogP) is 18.9. The molecule has 20 rings (SSSR count). The third-order valence-corrected chi connectivity index (χ3v) is 23.9. The summed E-state index contributed by atoms with van der Waals surface area (Å²) in [5.41, 5.74) is 30.4. The number of rotatable bonds is 16. The molecule has 4 atom stereocenters. The Labute approximate surface area is 683 Å². The second-order valence-corrected chi connectivity index (χ2v) is 32.7. The molecule has 0 amide bonds. The summed E-state index contributed by atoms with van der Waals surface area (Å²) >= 11 is 0. The summed E-state index contributed by atoms with van der Waals surface area (Å²) in [4.78, 5) is 55.7. The zero-order chi connectivity index (χ0) is 79.2. The first kappa shape index (κ1) is 77.5. The molecule has 8 aromatic heterocycles. The van der Waals surface area contributed by atoms with Crippen molar-refractivity contribution >= 4 is 0 Å². The predicted molar refractivity (Wildman–Crippen MR) is 455 cm³/mol. The van der Waals surface area contributed by atoms with Crippen molar-refractivity contribution in [2.75, 3.05) is 52.6 Å². The van der Waals surface area contributed by atoms with Crippen molar-refractivity contribution in [3.05, 3.63) is 296 Å². The number of likely N-dealkylation sites (tertiary alicyclic amines) is 4. The maximum atomic E-state index is 5.74. The maximum absolute atomic E-state index is 5.74. The number of aryl methyl sites for hydroxylation is 8. The smallest absolute Gasteiger partial charge is 0.141 e. The van der Waals surface area contributed by atoms with Gasteiger partial charge in [-0.25, -0.2) is 19.9 Å². The zero-order valence-corrected chi connectivity index (χ0v) is 68.5. The van der Waals surface area contributed by atoms with Gasteiger partial charge in [0.25, 0.3) is 0 Å². The van der Waals surface area contributed by atoms with Crippen LogP contribution in [0.15, 0.2) is 183 Å². The highest BCUT2D eigenvalue weighted by Gasteiger charge is 2.33. The van der Waals surface area contributed by atoms with Crippen molar-refractivity contribution in [1.29, 1.82) is 0 Å². The summed E-state index contributed by atoms with van der Waals surface area (Å²) < 4.78 is 22.9. The van der Waals surface area contributed by atoms with Crippen LogP contribution >= 0.6 is 0 Å². The first-order valence-electron chi connectivity index (χ1n) is 42.0. The van der Waals surface area contributed by atoms with Crippen LogP contribution in [0.5, 0.6) is 23.0 Å². The van der Waals surface area contributed by atoms with E-state index < -0.39 is 0 Å². The Morgan fingerprint density at radius 1 is 0.276 bits per heavy atom. The van der Waals surface area contributed by atoms with E-state index >= 15 is 0 Å².